The number of carbonyl (C=O) groups excluding carboxylic acids is 1. The van der Waals surface area contributed by atoms with Crippen LogP contribution in [0.2, 0.25) is 0 Å². The fourth-order valence-electron chi connectivity index (χ4n) is 1.72. The average molecular weight is 301 g/mol. The van der Waals surface area contributed by atoms with Crippen molar-refractivity contribution < 1.29 is 14.1 Å². The van der Waals surface area contributed by atoms with Gasteiger partial charge in [0.1, 0.15) is 5.82 Å². The summed E-state index contributed by atoms with van der Waals surface area (Å²) in [6.07, 6.45) is 0. The Bertz CT molecular complexity index is 742. The lowest BCUT2D eigenvalue weighted by atomic mass is 10.1. The van der Waals surface area contributed by atoms with Crippen LogP contribution in [-0.4, -0.2) is 16.5 Å². The zero-order valence-corrected chi connectivity index (χ0v) is 11.6. The topological polar surface area (TPSA) is 84.6 Å². The van der Waals surface area contributed by atoms with Gasteiger partial charge in [0.2, 0.25) is 0 Å². The monoisotopic (exact) mass is 301 g/mol. The summed E-state index contributed by atoms with van der Waals surface area (Å²) in [5.41, 5.74) is 3.54. The van der Waals surface area contributed by atoms with E-state index in [2.05, 4.69) is 10.5 Å². The molecule has 0 aliphatic rings. The molecule has 112 valence electrons. The second kappa shape index (κ2) is 6.57. The minimum Gasteiger partial charge on any atom is -0.267 e. The molecular weight excluding hydrogens is 289 g/mol. The number of benzene rings is 2. The molecule has 0 aromatic heterocycles. The van der Waals surface area contributed by atoms with Crippen LogP contribution in [0.15, 0.2) is 53.6 Å². The highest BCUT2D eigenvalue weighted by Crippen LogP contribution is 2.12. The molecule has 22 heavy (non-hydrogen) atoms. The Labute approximate surface area is 125 Å². The number of hydrogen-bond donors (Lipinski definition) is 1. The smallest absolute Gasteiger partial charge is 0.267 e. The quantitative estimate of drug-likeness (QED) is 0.535. The fraction of sp³-hybridized carbons (Fsp3) is 0.0667. The lowest BCUT2D eigenvalue weighted by molar-refractivity contribution is -0.384. The van der Waals surface area contributed by atoms with Crippen LogP contribution < -0.4 is 5.43 Å². The van der Waals surface area contributed by atoms with Crippen LogP contribution in [0.5, 0.6) is 0 Å². The van der Waals surface area contributed by atoms with Crippen LogP contribution in [-0.2, 0) is 0 Å². The minimum absolute atomic E-state index is 0.0275. The summed E-state index contributed by atoms with van der Waals surface area (Å²) in [6, 6.07) is 11.0. The fourth-order valence-corrected chi connectivity index (χ4v) is 1.72. The van der Waals surface area contributed by atoms with E-state index in [4.69, 9.17) is 0 Å². The van der Waals surface area contributed by atoms with Crippen LogP contribution in [0.4, 0.5) is 10.1 Å². The second-order valence-corrected chi connectivity index (χ2v) is 4.45. The lowest BCUT2D eigenvalue weighted by Crippen LogP contribution is -2.19. The standard InChI is InChI=1S/C15H12FN3O3/c1-10(11-5-7-14(8-6-11)19(21)22)17-18-15(20)12-3-2-4-13(16)9-12/h2-9H,1H3,(H,18,20). The molecule has 0 radical (unpaired) electrons. The van der Waals surface area contributed by atoms with Gasteiger partial charge < -0.3 is 0 Å². The molecule has 0 saturated heterocycles. The molecule has 0 aliphatic carbocycles. The second-order valence-electron chi connectivity index (χ2n) is 4.45. The molecule has 0 atom stereocenters. The first-order chi connectivity index (χ1) is 10.5. The molecule has 0 unspecified atom stereocenters. The maximum Gasteiger partial charge on any atom is 0.271 e. The van der Waals surface area contributed by atoms with Crippen molar-refractivity contribution >= 4 is 17.3 Å². The highest BCUT2D eigenvalue weighted by Gasteiger charge is 2.07. The van der Waals surface area contributed by atoms with Gasteiger partial charge >= 0.3 is 0 Å². The van der Waals surface area contributed by atoms with E-state index in [1.54, 1.807) is 6.92 Å². The Balaban J connectivity index is 2.09. The van der Waals surface area contributed by atoms with Crippen molar-refractivity contribution in [3.05, 3.63) is 75.6 Å². The molecule has 2 aromatic rings. The number of rotatable bonds is 4. The summed E-state index contributed by atoms with van der Waals surface area (Å²) in [4.78, 5) is 21.9. The third kappa shape index (κ3) is 3.72. The van der Waals surface area contributed by atoms with Crippen LogP contribution in [0, 0.1) is 15.9 Å². The molecular formula is C15H12FN3O3. The number of hydrazone groups is 1. The normalized spacial score (nSPS) is 11.1. The number of nitrogens with zero attached hydrogens (tertiary/aromatic N) is 2. The van der Waals surface area contributed by atoms with Crippen molar-refractivity contribution in [3.8, 4) is 0 Å². The number of non-ortho nitro benzene ring substituents is 1. The number of carbonyl (C=O) groups is 1. The molecule has 2 aromatic carbocycles. The molecule has 1 amide bonds. The van der Waals surface area contributed by atoms with E-state index in [1.165, 1.54) is 42.5 Å². The zero-order valence-electron chi connectivity index (χ0n) is 11.6. The van der Waals surface area contributed by atoms with Gasteiger partial charge in [-0.3, -0.25) is 14.9 Å². The van der Waals surface area contributed by atoms with E-state index in [-0.39, 0.29) is 11.3 Å². The van der Waals surface area contributed by atoms with E-state index in [9.17, 15) is 19.3 Å². The van der Waals surface area contributed by atoms with Gasteiger partial charge in [-0.25, -0.2) is 9.82 Å². The van der Waals surface area contributed by atoms with Crippen molar-refractivity contribution in [2.24, 2.45) is 5.10 Å². The van der Waals surface area contributed by atoms with E-state index in [0.29, 0.717) is 11.3 Å². The highest BCUT2D eigenvalue weighted by molar-refractivity contribution is 6.00. The summed E-state index contributed by atoms with van der Waals surface area (Å²) >= 11 is 0. The summed E-state index contributed by atoms with van der Waals surface area (Å²) < 4.78 is 13.0. The number of nitro groups is 1. The van der Waals surface area contributed by atoms with Crippen LogP contribution in [0.1, 0.15) is 22.8 Å². The molecule has 0 bridgehead atoms. The van der Waals surface area contributed by atoms with E-state index < -0.39 is 16.6 Å². The van der Waals surface area contributed by atoms with E-state index in [1.807, 2.05) is 0 Å². The Morgan fingerprint density at radius 1 is 1.18 bits per heavy atom. The predicted molar refractivity (Wildman–Crippen MR) is 79.2 cm³/mol. The largest absolute Gasteiger partial charge is 0.271 e. The molecule has 0 saturated carbocycles. The Morgan fingerprint density at radius 2 is 1.86 bits per heavy atom. The van der Waals surface area contributed by atoms with Crippen molar-refractivity contribution in [2.45, 2.75) is 6.92 Å². The van der Waals surface area contributed by atoms with Crippen LogP contribution in [0.3, 0.4) is 0 Å². The van der Waals surface area contributed by atoms with E-state index in [0.717, 1.165) is 6.07 Å². The maximum atomic E-state index is 13.0. The third-order valence-corrected chi connectivity index (χ3v) is 2.91. The molecule has 7 heteroatoms. The molecule has 0 fully saturated rings. The van der Waals surface area contributed by atoms with Gasteiger partial charge in [0, 0.05) is 17.7 Å². The van der Waals surface area contributed by atoms with Gasteiger partial charge in [-0.05, 0) is 42.8 Å². The zero-order chi connectivity index (χ0) is 16.1. The third-order valence-electron chi connectivity index (χ3n) is 2.91. The number of nitrogens with one attached hydrogen (secondary N) is 1. The molecule has 1 N–H and O–H groups in total. The Hall–Kier alpha value is -3.09. The van der Waals surface area contributed by atoms with Crippen LogP contribution in [0.25, 0.3) is 0 Å². The van der Waals surface area contributed by atoms with Crippen molar-refractivity contribution in [1.29, 1.82) is 0 Å². The first-order valence-electron chi connectivity index (χ1n) is 6.32. The van der Waals surface area contributed by atoms with Gasteiger partial charge in [0.15, 0.2) is 0 Å². The number of amides is 1. The number of hydrogen-bond acceptors (Lipinski definition) is 4. The summed E-state index contributed by atoms with van der Waals surface area (Å²) in [5, 5.41) is 14.5. The number of nitro benzene ring substituents is 1. The first-order valence-corrected chi connectivity index (χ1v) is 6.32. The van der Waals surface area contributed by atoms with Gasteiger partial charge in [-0.1, -0.05) is 6.07 Å². The van der Waals surface area contributed by atoms with Crippen molar-refractivity contribution in [3.63, 3.8) is 0 Å². The van der Waals surface area contributed by atoms with Gasteiger partial charge in [-0.15, -0.1) is 0 Å². The molecule has 0 aliphatic heterocycles. The Morgan fingerprint density at radius 3 is 2.45 bits per heavy atom. The number of halogens is 1. The van der Waals surface area contributed by atoms with Crippen molar-refractivity contribution in [1.82, 2.24) is 5.43 Å². The molecule has 6 nitrogen and oxygen atoms in total. The lowest BCUT2D eigenvalue weighted by Gasteiger charge is -2.03. The first kappa shape index (κ1) is 15.3. The van der Waals surface area contributed by atoms with Gasteiger partial charge in [-0.2, -0.15) is 5.10 Å². The Kier molecular flexibility index (Phi) is 4.57. The SMILES string of the molecule is CC(=NNC(=O)c1cccc(F)c1)c1ccc([N+](=O)[O-])cc1. The molecule has 0 spiro atoms. The minimum atomic E-state index is -0.541. The predicted octanol–water partition coefficient (Wildman–Crippen LogP) is 2.89. The maximum absolute atomic E-state index is 13.0. The summed E-state index contributed by atoms with van der Waals surface area (Å²) in [6.45, 7) is 1.65. The summed E-state index contributed by atoms with van der Waals surface area (Å²) in [5.74, 6) is -1.05. The van der Waals surface area contributed by atoms with Gasteiger partial charge in [0.05, 0.1) is 10.6 Å². The summed E-state index contributed by atoms with van der Waals surface area (Å²) in [7, 11) is 0. The van der Waals surface area contributed by atoms with Crippen molar-refractivity contribution in [2.75, 3.05) is 0 Å². The van der Waals surface area contributed by atoms with Crippen LogP contribution >= 0.6 is 0 Å². The molecule has 0 heterocycles. The van der Waals surface area contributed by atoms with Gasteiger partial charge in [0.25, 0.3) is 11.6 Å². The highest BCUT2D eigenvalue weighted by atomic mass is 19.1. The van der Waals surface area contributed by atoms with E-state index >= 15 is 0 Å². The molecule has 2 rings (SSSR count). The average Bonchev–Trinajstić information content (AvgIpc) is 2.52.